The Balaban J connectivity index is 1.81. The van der Waals surface area contributed by atoms with Gasteiger partial charge in [-0.1, -0.05) is 47.5 Å². The first kappa shape index (κ1) is 15.6. The third kappa shape index (κ3) is 3.92. The molecule has 3 rings (SSSR count). The normalized spacial score (nSPS) is 10.5. The molecule has 0 aliphatic rings. The van der Waals surface area contributed by atoms with Crippen LogP contribution in [0.5, 0.6) is 11.6 Å². The molecule has 4 nitrogen and oxygen atoms in total. The van der Waals surface area contributed by atoms with E-state index in [4.69, 9.17) is 27.9 Å². The van der Waals surface area contributed by atoms with Crippen molar-refractivity contribution in [2.24, 2.45) is 0 Å². The predicted octanol–water partition coefficient (Wildman–Crippen LogP) is 4.39. The maximum Gasteiger partial charge on any atom is 0.351 e. The van der Waals surface area contributed by atoms with Crippen LogP contribution in [0.2, 0.25) is 10.0 Å². The molecule has 3 aromatic rings. The van der Waals surface area contributed by atoms with Crippen molar-refractivity contribution in [3.8, 4) is 11.6 Å². The van der Waals surface area contributed by atoms with E-state index in [-0.39, 0.29) is 5.88 Å². The summed E-state index contributed by atoms with van der Waals surface area (Å²) in [5.74, 6) is 0.873. The summed E-state index contributed by atoms with van der Waals surface area (Å²) in [4.78, 5) is 16.0. The Morgan fingerprint density at radius 1 is 1.04 bits per heavy atom. The van der Waals surface area contributed by atoms with Crippen LogP contribution in [0, 0.1) is 0 Å². The van der Waals surface area contributed by atoms with Crippen molar-refractivity contribution in [2.45, 2.75) is 6.54 Å². The highest BCUT2D eigenvalue weighted by atomic mass is 35.5. The molecule has 0 spiro atoms. The number of benzene rings is 2. The maximum absolute atomic E-state index is 12.1. The van der Waals surface area contributed by atoms with Crippen molar-refractivity contribution in [1.82, 2.24) is 9.55 Å². The van der Waals surface area contributed by atoms with Crippen LogP contribution >= 0.6 is 23.2 Å². The monoisotopic (exact) mass is 346 g/mol. The van der Waals surface area contributed by atoms with E-state index in [0.29, 0.717) is 22.3 Å². The van der Waals surface area contributed by atoms with E-state index < -0.39 is 5.69 Å². The molecular formula is C17H12Cl2N2O2. The van der Waals surface area contributed by atoms with Crippen LogP contribution in [0.25, 0.3) is 0 Å². The number of hydrogen-bond acceptors (Lipinski definition) is 3. The Bertz CT molecular complexity index is 879. The topological polar surface area (TPSA) is 44.1 Å². The lowest BCUT2D eigenvalue weighted by atomic mass is 10.2. The summed E-state index contributed by atoms with van der Waals surface area (Å²) < 4.78 is 6.99. The molecule has 1 aromatic heterocycles. The SMILES string of the molecule is O=c1nc(Oc2ccccc2)ccn1Cc1ccc(Cl)cc1Cl. The highest BCUT2D eigenvalue weighted by Gasteiger charge is 2.06. The molecule has 0 N–H and O–H groups in total. The summed E-state index contributed by atoms with van der Waals surface area (Å²) in [6, 6.07) is 16.0. The highest BCUT2D eigenvalue weighted by Crippen LogP contribution is 2.22. The van der Waals surface area contributed by atoms with Gasteiger partial charge in [0.15, 0.2) is 0 Å². The largest absolute Gasteiger partial charge is 0.439 e. The molecule has 0 radical (unpaired) electrons. The average molecular weight is 347 g/mol. The van der Waals surface area contributed by atoms with E-state index in [1.165, 1.54) is 4.57 Å². The molecule has 0 aliphatic heterocycles. The number of rotatable bonds is 4. The molecule has 2 aromatic carbocycles. The molecule has 0 amide bonds. The molecular weight excluding hydrogens is 335 g/mol. The smallest absolute Gasteiger partial charge is 0.351 e. The molecule has 0 aliphatic carbocycles. The molecule has 23 heavy (non-hydrogen) atoms. The third-order valence-corrected chi connectivity index (χ3v) is 3.76. The number of halogens is 2. The number of nitrogens with zero attached hydrogens (tertiary/aromatic N) is 2. The number of aromatic nitrogens is 2. The first-order valence-corrected chi connectivity index (χ1v) is 7.62. The van der Waals surface area contributed by atoms with Crippen LogP contribution in [0.3, 0.4) is 0 Å². The second-order valence-electron chi connectivity index (χ2n) is 4.83. The molecule has 0 fully saturated rings. The van der Waals surface area contributed by atoms with Crippen LogP contribution in [0.15, 0.2) is 65.6 Å². The second-order valence-corrected chi connectivity index (χ2v) is 5.67. The first-order valence-electron chi connectivity index (χ1n) is 6.86. The zero-order chi connectivity index (χ0) is 16.2. The van der Waals surface area contributed by atoms with Crippen molar-refractivity contribution in [1.29, 1.82) is 0 Å². The van der Waals surface area contributed by atoms with E-state index in [1.54, 1.807) is 42.6 Å². The van der Waals surface area contributed by atoms with Gasteiger partial charge < -0.3 is 4.74 Å². The fourth-order valence-electron chi connectivity index (χ4n) is 2.03. The van der Waals surface area contributed by atoms with Crippen molar-refractivity contribution in [2.75, 3.05) is 0 Å². The van der Waals surface area contributed by atoms with Gasteiger partial charge in [0.1, 0.15) is 5.75 Å². The number of ether oxygens (including phenoxy) is 1. The van der Waals surface area contributed by atoms with Gasteiger partial charge in [0, 0.05) is 22.3 Å². The van der Waals surface area contributed by atoms with E-state index >= 15 is 0 Å². The Morgan fingerprint density at radius 2 is 1.83 bits per heavy atom. The lowest BCUT2D eigenvalue weighted by molar-refractivity contribution is 0.455. The van der Waals surface area contributed by atoms with Gasteiger partial charge in [0.2, 0.25) is 5.88 Å². The quantitative estimate of drug-likeness (QED) is 0.703. The highest BCUT2D eigenvalue weighted by molar-refractivity contribution is 6.35. The molecule has 1 heterocycles. The minimum atomic E-state index is -0.413. The van der Waals surface area contributed by atoms with Gasteiger partial charge in [-0.3, -0.25) is 4.57 Å². The molecule has 0 saturated heterocycles. The van der Waals surface area contributed by atoms with Gasteiger partial charge in [-0.25, -0.2) is 4.79 Å². The fourth-order valence-corrected chi connectivity index (χ4v) is 2.50. The Morgan fingerprint density at radius 3 is 2.52 bits per heavy atom. The van der Waals surface area contributed by atoms with Crippen LogP contribution < -0.4 is 10.4 Å². The summed E-state index contributed by atoms with van der Waals surface area (Å²) in [5, 5.41) is 1.06. The van der Waals surface area contributed by atoms with Crippen molar-refractivity contribution < 1.29 is 4.74 Å². The Kier molecular flexibility index (Phi) is 4.65. The van der Waals surface area contributed by atoms with E-state index in [2.05, 4.69) is 4.98 Å². The van der Waals surface area contributed by atoms with Gasteiger partial charge in [-0.15, -0.1) is 0 Å². The minimum absolute atomic E-state index is 0.250. The van der Waals surface area contributed by atoms with Crippen LogP contribution in [-0.2, 0) is 6.54 Å². The zero-order valence-electron chi connectivity index (χ0n) is 11.9. The minimum Gasteiger partial charge on any atom is -0.439 e. The standard InChI is InChI=1S/C17H12Cl2N2O2/c18-13-7-6-12(15(19)10-13)11-21-9-8-16(20-17(21)22)23-14-4-2-1-3-5-14/h1-10H,11H2. The fraction of sp³-hybridized carbons (Fsp3) is 0.0588. The zero-order valence-corrected chi connectivity index (χ0v) is 13.5. The van der Waals surface area contributed by atoms with Crippen molar-refractivity contribution >= 4 is 23.2 Å². The summed E-state index contributed by atoms with van der Waals surface area (Å²) in [6.07, 6.45) is 1.62. The number of para-hydroxylation sites is 1. The average Bonchev–Trinajstić information content (AvgIpc) is 2.53. The van der Waals surface area contributed by atoms with Crippen molar-refractivity contribution in [3.05, 3.63) is 86.9 Å². The van der Waals surface area contributed by atoms with Crippen LogP contribution in [-0.4, -0.2) is 9.55 Å². The summed E-state index contributed by atoms with van der Waals surface area (Å²) in [6.45, 7) is 0.313. The van der Waals surface area contributed by atoms with Gasteiger partial charge in [-0.2, -0.15) is 4.98 Å². The first-order chi connectivity index (χ1) is 11.1. The molecule has 6 heteroatoms. The molecule has 0 unspecified atom stereocenters. The Labute approximate surface area is 142 Å². The van der Waals surface area contributed by atoms with Gasteiger partial charge in [-0.05, 0) is 29.8 Å². The molecule has 0 bridgehead atoms. The molecule has 116 valence electrons. The van der Waals surface area contributed by atoms with Crippen molar-refractivity contribution in [3.63, 3.8) is 0 Å². The van der Waals surface area contributed by atoms with Crippen LogP contribution in [0.4, 0.5) is 0 Å². The number of hydrogen-bond donors (Lipinski definition) is 0. The van der Waals surface area contributed by atoms with E-state index in [0.717, 1.165) is 5.56 Å². The maximum atomic E-state index is 12.1. The van der Waals surface area contributed by atoms with Crippen LogP contribution in [0.1, 0.15) is 5.56 Å². The van der Waals surface area contributed by atoms with E-state index in [9.17, 15) is 4.79 Å². The summed E-state index contributed by atoms with van der Waals surface area (Å²) in [7, 11) is 0. The third-order valence-electron chi connectivity index (χ3n) is 3.17. The Hall–Kier alpha value is -2.30. The van der Waals surface area contributed by atoms with Gasteiger partial charge in [0.25, 0.3) is 0 Å². The molecule has 0 saturated carbocycles. The van der Waals surface area contributed by atoms with Gasteiger partial charge in [0.05, 0.1) is 6.54 Å². The summed E-state index contributed by atoms with van der Waals surface area (Å²) >= 11 is 12.0. The second kappa shape index (κ2) is 6.86. The lowest BCUT2D eigenvalue weighted by Gasteiger charge is -2.09. The lowest BCUT2D eigenvalue weighted by Crippen LogP contribution is -2.23. The molecule has 0 atom stereocenters. The van der Waals surface area contributed by atoms with Gasteiger partial charge >= 0.3 is 5.69 Å². The predicted molar refractivity (Wildman–Crippen MR) is 90.6 cm³/mol. The van der Waals surface area contributed by atoms with E-state index in [1.807, 2.05) is 18.2 Å². The summed E-state index contributed by atoms with van der Waals surface area (Å²) in [5.41, 5.74) is 0.376.